The number of hydrogen-bond donors (Lipinski definition) is 1. The first-order chi connectivity index (χ1) is 8.38. The number of rotatable bonds is 3. The summed E-state index contributed by atoms with van der Waals surface area (Å²) in [6.07, 6.45) is 5.50. The van der Waals surface area contributed by atoms with Gasteiger partial charge in [0.15, 0.2) is 0 Å². The van der Waals surface area contributed by atoms with E-state index in [9.17, 15) is 0 Å². The summed E-state index contributed by atoms with van der Waals surface area (Å²) in [5.74, 6) is 0. The average Bonchev–Trinajstić information content (AvgIpc) is 2.96. The first-order valence-corrected chi connectivity index (χ1v) is 6.05. The third-order valence-corrected chi connectivity index (χ3v) is 3.30. The van der Waals surface area contributed by atoms with Gasteiger partial charge in [-0.2, -0.15) is 0 Å². The largest absolute Gasteiger partial charge is 0.314 e. The van der Waals surface area contributed by atoms with Crippen molar-refractivity contribution in [2.45, 2.75) is 25.8 Å². The number of hydrogen-bond acceptors (Lipinski definition) is 3. The zero-order valence-electron chi connectivity index (χ0n) is 9.98. The highest BCUT2D eigenvalue weighted by molar-refractivity contribution is 5.42. The van der Waals surface area contributed by atoms with Crippen LogP contribution < -0.4 is 5.32 Å². The lowest BCUT2D eigenvalue weighted by Crippen LogP contribution is -2.11. The molecular formula is C13H16N4. The van der Waals surface area contributed by atoms with E-state index in [1.165, 1.54) is 30.4 Å². The van der Waals surface area contributed by atoms with Gasteiger partial charge in [0.2, 0.25) is 0 Å². The molecule has 1 aliphatic rings. The average molecular weight is 228 g/mol. The molecule has 0 spiro atoms. The Bertz CT molecular complexity index is 530. The lowest BCUT2D eigenvalue weighted by molar-refractivity contribution is 0.713. The van der Waals surface area contributed by atoms with Gasteiger partial charge in [0.05, 0.1) is 17.6 Å². The van der Waals surface area contributed by atoms with E-state index >= 15 is 0 Å². The van der Waals surface area contributed by atoms with Crippen LogP contribution in [0.3, 0.4) is 0 Å². The highest BCUT2D eigenvalue weighted by Crippen LogP contribution is 2.24. The van der Waals surface area contributed by atoms with Crippen LogP contribution in [-0.4, -0.2) is 22.0 Å². The summed E-state index contributed by atoms with van der Waals surface area (Å²) in [6, 6.07) is 6.61. The Labute approximate surface area is 101 Å². The molecule has 17 heavy (non-hydrogen) atoms. The highest BCUT2D eigenvalue weighted by atomic mass is 15.4. The molecule has 1 heterocycles. The number of aryl methyl sites for hydroxylation is 2. The Morgan fingerprint density at radius 2 is 2.18 bits per heavy atom. The standard InChI is InChI=1S/C13H16N4/c1-14-8-13-9-15-16-17(13)12-6-5-10-3-2-4-11(10)7-12/h5-7,9,14H,2-4,8H2,1H3. The minimum Gasteiger partial charge on any atom is -0.314 e. The van der Waals surface area contributed by atoms with Crippen LogP contribution in [0.5, 0.6) is 0 Å². The molecule has 0 aliphatic heterocycles. The zero-order valence-corrected chi connectivity index (χ0v) is 9.98. The second-order valence-corrected chi connectivity index (χ2v) is 4.47. The van der Waals surface area contributed by atoms with Gasteiger partial charge in [-0.05, 0) is 49.6 Å². The summed E-state index contributed by atoms with van der Waals surface area (Å²) >= 11 is 0. The molecule has 88 valence electrons. The maximum atomic E-state index is 4.16. The molecule has 0 saturated heterocycles. The molecule has 1 N–H and O–H groups in total. The normalized spacial score (nSPS) is 13.9. The van der Waals surface area contributed by atoms with Crippen molar-refractivity contribution in [2.75, 3.05) is 7.05 Å². The van der Waals surface area contributed by atoms with Gasteiger partial charge in [-0.15, -0.1) is 5.10 Å². The first-order valence-electron chi connectivity index (χ1n) is 6.05. The van der Waals surface area contributed by atoms with Crippen molar-refractivity contribution in [1.82, 2.24) is 20.3 Å². The summed E-state index contributed by atoms with van der Waals surface area (Å²) in [5, 5.41) is 11.3. The van der Waals surface area contributed by atoms with Crippen LogP contribution in [-0.2, 0) is 19.4 Å². The Morgan fingerprint density at radius 1 is 1.29 bits per heavy atom. The number of fused-ring (bicyclic) bond motifs is 1. The smallest absolute Gasteiger partial charge is 0.0783 e. The molecule has 0 fully saturated rings. The minimum atomic E-state index is 0.782. The Balaban J connectivity index is 2.00. The predicted molar refractivity (Wildman–Crippen MR) is 66.1 cm³/mol. The molecular weight excluding hydrogens is 212 g/mol. The Morgan fingerprint density at radius 3 is 3.06 bits per heavy atom. The third-order valence-electron chi connectivity index (χ3n) is 3.30. The molecule has 0 radical (unpaired) electrons. The van der Waals surface area contributed by atoms with Crippen LogP contribution in [0.25, 0.3) is 5.69 Å². The van der Waals surface area contributed by atoms with E-state index in [0.717, 1.165) is 17.9 Å². The van der Waals surface area contributed by atoms with Gasteiger partial charge in [0.25, 0.3) is 0 Å². The van der Waals surface area contributed by atoms with Gasteiger partial charge in [0, 0.05) is 6.54 Å². The van der Waals surface area contributed by atoms with E-state index in [2.05, 4.69) is 33.8 Å². The van der Waals surface area contributed by atoms with Gasteiger partial charge < -0.3 is 5.32 Å². The first kappa shape index (κ1) is 10.5. The Hall–Kier alpha value is -1.68. The molecule has 0 bridgehead atoms. The number of nitrogens with one attached hydrogen (secondary N) is 1. The van der Waals surface area contributed by atoms with Crippen molar-refractivity contribution in [3.05, 3.63) is 41.2 Å². The molecule has 4 nitrogen and oxygen atoms in total. The second-order valence-electron chi connectivity index (χ2n) is 4.47. The SMILES string of the molecule is CNCc1cnnn1-c1ccc2c(c1)CCC2. The zero-order chi connectivity index (χ0) is 11.7. The number of nitrogens with zero attached hydrogens (tertiary/aromatic N) is 3. The van der Waals surface area contributed by atoms with E-state index in [-0.39, 0.29) is 0 Å². The quantitative estimate of drug-likeness (QED) is 0.865. The van der Waals surface area contributed by atoms with Crippen LogP contribution in [0.1, 0.15) is 23.2 Å². The van der Waals surface area contributed by atoms with Crippen LogP contribution in [0.2, 0.25) is 0 Å². The molecule has 0 atom stereocenters. The van der Waals surface area contributed by atoms with Crippen molar-refractivity contribution in [3.8, 4) is 5.69 Å². The van der Waals surface area contributed by atoms with Crippen LogP contribution in [0, 0.1) is 0 Å². The molecule has 1 aliphatic carbocycles. The minimum absolute atomic E-state index is 0.782. The lowest BCUT2D eigenvalue weighted by Gasteiger charge is -2.07. The monoisotopic (exact) mass is 228 g/mol. The molecule has 0 amide bonds. The van der Waals surface area contributed by atoms with Gasteiger partial charge in [0.1, 0.15) is 0 Å². The molecule has 1 aromatic heterocycles. The van der Waals surface area contributed by atoms with E-state index in [4.69, 9.17) is 0 Å². The summed E-state index contributed by atoms with van der Waals surface area (Å²) in [7, 11) is 1.93. The molecule has 0 unspecified atom stereocenters. The van der Waals surface area contributed by atoms with E-state index < -0.39 is 0 Å². The van der Waals surface area contributed by atoms with Gasteiger partial charge >= 0.3 is 0 Å². The Kier molecular flexibility index (Phi) is 2.65. The van der Waals surface area contributed by atoms with E-state index in [1.54, 1.807) is 0 Å². The van der Waals surface area contributed by atoms with Crippen molar-refractivity contribution in [1.29, 1.82) is 0 Å². The van der Waals surface area contributed by atoms with E-state index in [0.29, 0.717) is 0 Å². The van der Waals surface area contributed by atoms with Crippen LogP contribution in [0.15, 0.2) is 24.4 Å². The predicted octanol–water partition coefficient (Wildman–Crippen LogP) is 1.48. The third kappa shape index (κ3) is 1.85. The summed E-state index contributed by atoms with van der Waals surface area (Å²) in [4.78, 5) is 0. The fourth-order valence-electron chi connectivity index (χ4n) is 2.47. The van der Waals surface area contributed by atoms with Gasteiger partial charge in [-0.25, -0.2) is 4.68 Å². The molecule has 2 aromatic rings. The van der Waals surface area contributed by atoms with E-state index in [1.807, 2.05) is 17.9 Å². The summed E-state index contributed by atoms with van der Waals surface area (Å²) in [5.41, 5.74) is 5.16. The highest BCUT2D eigenvalue weighted by Gasteiger charge is 2.13. The fourth-order valence-corrected chi connectivity index (χ4v) is 2.47. The second kappa shape index (κ2) is 4.30. The molecule has 4 heteroatoms. The topological polar surface area (TPSA) is 42.7 Å². The maximum Gasteiger partial charge on any atom is 0.0783 e. The van der Waals surface area contributed by atoms with Crippen molar-refractivity contribution < 1.29 is 0 Å². The molecule has 3 rings (SSSR count). The summed E-state index contributed by atoms with van der Waals surface area (Å²) in [6.45, 7) is 0.782. The number of benzene rings is 1. The molecule has 1 aromatic carbocycles. The van der Waals surface area contributed by atoms with Crippen LogP contribution in [0.4, 0.5) is 0 Å². The van der Waals surface area contributed by atoms with Crippen molar-refractivity contribution in [2.24, 2.45) is 0 Å². The summed E-state index contributed by atoms with van der Waals surface area (Å²) < 4.78 is 1.91. The van der Waals surface area contributed by atoms with Crippen molar-refractivity contribution >= 4 is 0 Å². The number of aromatic nitrogens is 3. The van der Waals surface area contributed by atoms with Gasteiger partial charge in [-0.1, -0.05) is 11.3 Å². The fraction of sp³-hybridized carbons (Fsp3) is 0.385. The maximum absolute atomic E-state index is 4.16. The molecule has 0 saturated carbocycles. The van der Waals surface area contributed by atoms with Crippen molar-refractivity contribution in [3.63, 3.8) is 0 Å². The lowest BCUT2D eigenvalue weighted by atomic mass is 10.1. The van der Waals surface area contributed by atoms with Gasteiger partial charge in [-0.3, -0.25) is 0 Å². The van der Waals surface area contributed by atoms with Crippen LogP contribution >= 0.6 is 0 Å².